The van der Waals surface area contributed by atoms with Crippen LogP contribution in [-0.2, 0) is 6.54 Å². The van der Waals surface area contributed by atoms with Crippen LogP contribution in [0.15, 0.2) is 48.7 Å². The Labute approximate surface area is 104 Å². The fourth-order valence-corrected chi connectivity index (χ4v) is 2.02. The van der Waals surface area contributed by atoms with Gasteiger partial charge in [0.1, 0.15) is 5.15 Å². The Kier molecular flexibility index (Phi) is 2.53. The summed E-state index contributed by atoms with van der Waals surface area (Å²) in [6.07, 6.45) is 1.86. The lowest BCUT2D eigenvalue weighted by molar-refractivity contribution is 0.696. The van der Waals surface area contributed by atoms with E-state index in [1.165, 1.54) is 0 Å². The number of hydrogen-bond donors (Lipinski definition) is 0. The molecule has 0 bridgehead atoms. The number of pyridine rings is 1. The molecule has 0 spiro atoms. The lowest BCUT2D eigenvalue weighted by atomic mass is 10.2. The molecule has 0 amide bonds. The molecule has 1 aromatic carbocycles. The van der Waals surface area contributed by atoms with Gasteiger partial charge in [0.15, 0.2) is 0 Å². The molecule has 0 aliphatic rings. The summed E-state index contributed by atoms with van der Waals surface area (Å²) in [6, 6.07) is 13.7. The quantitative estimate of drug-likeness (QED) is 0.648. The number of para-hydroxylation sites is 1. The van der Waals surface area contributed by atoms with E-state index in [0.29, 0.717) is 11.7 Å². The van der Waals surface area contributed by atoms with Crippen LogP contribution in [0, 0.1) is 0 Å². The highest BCUT2D eigenvalue weighted by Gasteiger charge is 2.03. The Morgan fingerprint density at radius 2 is 1.94 bits per heavy atom. The molecule has 0 aliphatic heterocycles. The van der Waals surface area contributed by atoms with Gasteiger partial charge in [0.05, 0.1) is 24.0 Å². The van der Waals surface area contributed by atoms with E-state index >= 15 is 0 Å². The minimum absolute atomic E-state index is 0.513. The summed E-state index contributed by atoms with van der Waals surface area (Å²) in [4.78, 5) is 4.26. The zero-order chi connectivity index (χ0) is 11.7. The van der Waals surface area contributed by atoms with Crippen LogP contribution in [0.25, 0.3) is 10.9 Å². The maximum absolute atomic E-state index is 5.86. The van der Waals surface area contributed by atoms with Gasteiger partial charge in [-0.15, -0.1) is 0 Å². The fraction of sp³-hybridized carbons (Fsp3) is 0.0769. The summed E-state index contributed by atoms with van der Waals surface area (Å²) in [5.74, 6) is 0. The van der Waals surface area contributed by atoms with Gasteiger partial charge in [0, 0.05) is 5.39 Å². The SMILES string of the molecule is Clc1cccc(Cn2ncc3ccccc32)n1. The summed E-state index contributed by atoms with van der Waals surface area (Å²) >= 11 is 5.86. The highest BCUT2D eigenvalue weighted by molar-refractivity contribution is 6.29. The smallest absolute Gasteiger partial charge is 0.129 e. The third-order valence-corrected chi connectivity index (χ3v) is 2.85. The Hall–Kier alpha value is -1.87. The largest absolute Gasteiger partial charge is 0.259 e. The number of hydrogen-bond acceptors (Lipinski definition) is 2. The number of fused-ring (bicyclic) bond motifs is 1. The van der Waals surface area contributed by atoms with Gasteiger partial charge in [-0.3, -0.25) is 4.68 Å². The second-order valence-corrected chi connectivity index (χ2v) is 4.20. The molecule has 4 heteroatoms. The first-order valence-electron chi connectivity index (χ1n) is 5.35. The van der Waals surface area contributed by atoms with Crippen molar-refractivity contribution in [2.75, 3.05) is 0 Å². The fourth-order valence-electron chi connectivity index (χ4n) is 1.84. The Morgan fingerprint density at radius 1 is 1.06 bits per heavy atom. The highest BCUT2D eigenvalue weighted by Crippen LogP contribution is 2.14. The third kappa shape index (κ3) is 2.01. The molecule has 3 nitrogen and oxygen atoms in total. The van der Waals surface area contributed by atoms with Crippen LogP contribution >= 0.6 is 11.6 Å². The minimum atomic E-state index is 0.513. The van der Waals surface area contributed by atoms with E-state index in [9.17, 15) is 0 Å². The van der Waals surface area contributed by atoms with Crippen molar-refractivity contribution in [3.05, 3.63) is 59.5 Å². The van der Waals surface area contributed by atoms with Crippen LogP contribution in [0.2, 0.25) is 5.15 Å². The summed E-state index contributed by atoms with van der Waals surface area (Å²) in [5.41, 5.74) is 2.01. The van der Waals surface area contributed by atoms with Gasteiger partial charge in [-0.1, -0.05) is 35.9 Å². The van der Waals surface area contributed by atoms with Gasteiger partial charge in [-0.25, -0.2) is 4.98 Å². The molecule has 0 unspecified atom stereocenters. The van der Waals surface area contributed by atoms with Crippen LogP contribution < -0.4 is 0 Å². The van der Waals surface area contributed by atoms with Crippen molar-refractivity contribution in [3.63, 3.8) is 0 Å². The first-order valence-corrected chi connectivity index (χ1v) is 5.73. The Morgan fingerprint density at radius 3 is 2.82 bits per heavy atom. The lowest BCUT2D eigenvalue weighted by Gasteiger charge is -2.03. The molecular formula is C13H10ClN3. The highest BCUT2D eigenvalue weighted by atomic mass is 35.5. The van der Waals surface area contributed by atoms with Crippen molar-refractivity contribution in [2.24, 2.45) is 0 Å². The van der Waals surface area contributed by atoms with E-state index in [1.54, 1.807) is 6.07 Å². The molecule has 84 valence electrons. The predicted molar refractivity (Wildman–Crippen MR) is 68.1 cm³/mol. The minimum Gasteiger partial charge on any atom is -0.259 e. The molecule has 2 aromatic heterocycles. The Balaban J connectivity index is 2.00. The van der Waals surface area contributed by atoms with Crippen LogP contribution in [0.1, 0.15) is 5.69 Å². The van der Waals surface area contributed by atoms with E-state index in [0.717, 1.165) is 16.6 Å². The molecule has 0 N–H and O–H groups in total. The van der Waals surface area contributed by atoms with Crippen molar-refractivity contribution in [1.82, 2.24) is 14.8 Å². The molecule has 2 heterocycles. The summed E-state index contributed by atoms with van der Waals surface area (Å²) in [5, 5.41) is 6.00. The second kappa shape index (κ2) is 4.18. The summed E-state index contributed by atoms with van der Waals surface area (Å²) < 4.78 is 1.92. The number of benzene rings is 1. The predicted octanol–water partition coefficient (Wildman–Crippen LogP) is 3.13. The molecule has 3 rings (SSSR count). The normalized spacial score (nSPS) is 10.9. The van der Waals surface area contributed by atoms with Gasteiger partial charge in [-0.05, 0) is 18.2 Å². The van der Waals surface area contributed by atoms with E-state index < -0.39 is 0 Å². The first kappa shape index (κ1) is 10.3. The zero-order valence-corrected chi connectivity index (χ0v) is 9.80. The van der Waals surface area contributed by atoms with Gasteiger partial charge < -0.3 is 0 Å². The van der Waals surface area contributed by atoms with Gasteiger partial charge in [0.2, 0.25) is 0 Å². The lowest BCUT2D eigenvalue weighted by Crippen LogP contribution is -2.03. The summed E-state index contributed by atoms with van der Waals surface area (Å²) in [7, 11) is 0. The maximum Gasteiger partial charge on any atom is 0.129 e. The molecule has 0 saturated heterocycles. The monoisotopic (exact) mass is 243 g/mol. The summed E-state index contributed by atoms with van der Waals surface area (Å²) in [6.45, 7) is 0.633. The van der Waals surface area contributed by atoms with Gasteiger partial charge >= 0.3 is 0 Å². The molecule has 0 fully saturated rings. The first-order chi connectivity index (χ1) is 8.33. The number of halogens is 1. The average molecular weight is 244 g/mol. The van der Waals surface area contributed by atoms with Gasteiger partial charge in [0.25, 0.3) is 0 Å². The van der Waals surface area contributed by atoms with Crippen LogP contribution in [-0.4, -0.2) is 14.8 Å². The molecule has 0 atom stereocenters. The van der Waals surface area contributed by atoms with E-state index in [1.807, 2.05) is 47.3 Å². The van der Waals surface area contributed by atoms with Crippen molar-refractivity contribution in [2.45, 2.75) is 6.54 Å². The topological polar surface area (TPSA) is 30.7 Å². The van der Waals surface area contributed by atoms with Crippen LogP contribution in [0.4, 0.5) is 0 Å². The third-order valence-electron chi connectivity index (χ3n) is 2.64. The second-order valence-electron chi connectivity index (χ2n) is 3.81. The van der Waals surface area contributed by atoms with E-state index in [-0.39, 0.29) is 0 Å². The van der Waals surface area contributed by atoms with Crippen molar-refractivity contribution in [3.8, 4) is 0 Å². The zero-order valence-electron chi connectivity index (χ0n) is 9.05. The van der Waals surface area contributed by atoms with Crippen molar-refractivity contribution in [1.29, 1.82) is 0 Å². The number of nitrogens with zero attached hydrogens (tertiary/aromatic N) is 3. The Bertz CT molecular complexity index is 660. The number of rotatable bonds is 2. The number of aromatic nitrogens is 3. The average Bonchev–Trinajstić information content (AvgIpc) is 2.73. The molecule has 17 heavy (non-hydrogen) atoms. The van der Waals surface area contributed by atoms with Crippen molar-refractivity contribution < 1.29 is 0 Å². The molecule has 0 aliphatic carbocycles. The van der Waals surface area contributed by atoms with E-state index in [2.05, 4.69) is 10.1 Å². The van der Waals surface area contributed by atoms with Crippen LogP contribution in [0.3, 0.4) is 0 Å². The molecule has 3 aromatic rings. The standard InChI is InChI=1S/C13H10ClN3/c14-13-7-3-5-11(16-13)9-17-12-6-2-1-4-10(12)8-15-17/h1-8H,9H2. The maximum atomic E-state index is 5.86. The molecule has 0 radical (unpaired) electrons. The molecule has 0 saturated carbocycles. The van der Waals surface area contributed by atoms with Crippen molar-refractivity contribution >= 4 is 22.5 Å². The molecular weight excluding hydrogens is 234 g/mol. The van der Waals surface area contributed by atoms with Gasteiger partial charge in [-0.2, -0.15) is 5.10 Å². The van der Waals surface area contributed by atoms with E-state index in [4.69, 9.17) is 11.6 Å². The van der Waals surface area contributed by atoms with Crippen LogP contribution in [0.5, 0.6) is 0 Å².